The highest BCUT2D eigenvalue weighted by Gasteiger charge is 2.51. The van der Waals surface area contributed by atoms with Crippen molar-refractivity contribution in [2.75, 3.05) is 76.6 Å². The number of nitrogens with one attached hydrogen (secondary N) is 1. The van der Waals surface area contributed by atoms with Gasteiger partial charge in [-0.05, 0) is 74.4 Å². The van der Waals surface area contributed by atoms with E-state index in [1.54, 1.807) is 39.8 Å². The lowest BCUT2D eigenvalue weighted by Gasteiger charge is -2.47. The third kappa shape index (κ3) is 6.26. The first-order chi connectivity index (χ1) is 29.0. The highest BCUT2D eigenvalue weighted by molar-refractivity contribution is 5.97. The molecule has 312 valence electrons. The van der Waals surface area contributed by atoms with Crippen molar-refractivity contribution in [3.8, 4) is 57.3 Å². The van der Waals surface area contributed by atoms with Gasteiger partial charge in [0, 0.05) is 55.7 Å². The number of carbonyl (C=O) groups excluding carboxylic acids is 1. The maximum absolute atomic E-state index is 16.0. The highest BCUT2D eigenvalue weighted by Crippen LogP contribution is 2.48. The van der Waals surface area contributed by atoms with Crippen molar-refractivity contribution in [2.24, 2.45) is 0 Å². The van der Waals surface area contributed by atoms with Gasteiger partial charge in [-0.25, -0.2) is 14.4 Å². The lowest BCUT2D eigenvalue weighted by atomic mass is 9.95. The Morgan fingerprint density at radius 3 is 2.32 bits per heavy atom. The summed E-state index contributed by atoms with van der Waals surface area (Å²) in [5.41, 5.74) is 3.58. The minimum atomic E-state index is -1.13. The smallest absolute Gasteiger partial charge is 0.253 e. The zero-order valence-electron chi connectivity index (χ0n) is 33.3. The fraction of sp³-hybridized carbons (Fsp3) is 0.372. The molecule has 1 saturated carbocycles. The summed E-state index contributed by atoms with van der Waals surface area (Å²) in [5, 5.41) is 32.5. The number of anilines is 2. The lowest BCUT2D eigenvalue weighted by Crippen LogP contribution is -2.60. The van der Waals surface area contributed by atoms with E-state index >= 15 is 4.39 Å². The number of morpholine rings is 1. The van der Waals surface area contributed by atoms with Gasteiger partial charge in [0.25, 0.3) is 5.91 Å². The molecule has 3 saturated heterocycles. The van der Waals surface area contributed by atoms with Gasteiger partial charge >= 0.3 is 0 Å². The molecule has 10 rings (SSSR count). The average Bonchev–Trinajstić information content (AvgIpc) is 3.92. The number of rotatable bonds is 10. The Bertz CT molecular complexity index is 2670. The third-order valence-corrected chi connectivity index (χ3v) is 12.1. The number of aromatic amines is 1. The first-order valence-electron chi connectivity index (χ1n) is 19.9. The molecule has 1 amide bonds. The molecule has 4 N–H and O–H groups in total. The molecule has 3 aliphatic heterocycles. The molecule has 6 aromatic rings. The number of piperazine rings is 1. The number of ether oxygens (including phenoxy) is 5. The van der Waals surface area contributed by atoms with E-state index in [4.69, 9.17) is 33.7 Å². The monoisotopic (exact) mass is 821 g/mol. The number of halogens is 1. The Labute approximate surface area is 343 Å². The number of phenols is 3. The van der Waals surface area contributed by atoms with Gasteiger partial charge in [0.15, 0.2) is 28.8 Å². The number of benzene rings is 4. The summed E-state index contributed by atoms with van der Waals surface area (Å²) in [5.74, 6) is -2.76. The van der Waals surface area contributed by atoms with Gasteiger partial charge in [-0.2, -0.15) is 0 Å². The lowest BCUT2D eigenvalue weighted by molar-refractivity contribution is -0.254. The van der Waals surface area contributed by atoms with Crippen LogP contribution < -0.4 is 24.0 Å². The zero-order chi connectivity index (χ0) is 41.4. The van der Waals surface area contributed by atoms with Crippen LogP contribution in [-0.4, -0.2) is 125 Å². The summed E-state index contributed by atoms with van der Waals surface area (Å²) in [6.45, 7) is 6.60. The largest absolute Gasteiger partial charge is 0.502 e. The van der Waals surface area contributed by atoms with Gasteiger partial charge in [-0.1, -0.05) is 0 Å². The van der Waals surface area contributed by atoms with Crippen LogP contribution in [0.5, 0.6) is 34.5 Å². The molecule has 5 heterocycles. The summed E-state index contributed by atoms with van der Waals surface area (Å²) >= 11 is 0. The predicted octanol–water partition coefficient (Wildman–Crippen LogP) is 5.32. The molecule has 2 aromatic heterocycles. The predicted molar refractivity (Wildman–Crippen MR) is 219 cm³/mol. The number of carbonyl (C=O) groups is 1. The third-order valence-electron chi connectivity index (χ3n) is 12.1. The molecule has 0 bridgehead atoms. The fourth-order valence-electron chi connectivity index (χ4n) is 8.57. The fourth-order valence-corrected chi connectivity index (χ4v) is 8.57. The maximum atomic E-state index is 16.0. The van der Waals surface area contributed by atoms with Crippen molar-refractivity contribution in [3.05, 3.63) is 60.4 Å². The molecule has 60 heavy (non-hydrogen) atoms. The first-order valence-corrected chi connectivity index (χ1v) is 19.9. The van der Waals surface area contributed by atoms with Crippen LogP contribution in [0.1, 0.15) is 19.8 Å². The summed E-state index contributed by atoms with van der Waals surface area (Å²) < 4.78 is 46.5. The van der Waals surface area contributed by atoms with Crippen molar-refractivity contribution >= 4 is 39.3 Å². The number of hydrogen-bond acceptors (Lipinski definition) is 13. The standard InChI is InChI=1S/C43H44FN7O9/c1-43(51-31-9-7-26(50-14-15-58-21-35(50)52)19-30(31)47-41(51)27-20-33(57-3)38(54)39(55)36(27)44)22-59-42(43)60-34-17-23(16-32(56-2)37(34)53)40-45-28-8-6-25(18-29(28)46-40)49-12-10-48(11-13-49)24-4-5-24/h6-9,16-20,24,42,53-55H,4-5,10-15,21-22H2,1-3H3,(H,45,46). The van der Waals surface area contributed by atoms with Crippen LogP contribution in [0.25, 0.3) is 44.8 Å². The second-order valence-electron chi connectivity index (χ2n) is 15.9. The molecule has 2 unspecified atom stereocenters. The van der Waals surface area contributed by atoms with Gasteiger partial charge in [0.1, 0.15) is 23.8 Å². The number of methoxy groups -OCH3 is 2. The number of H-pyrrole nitrogens is 1. The molecule has 16 nitrogen and oxygen atoms in total. The van der Waals surface area contributed by atoms with Crippen LogP contribution in [0, 0.1) is 5.82 Å². The Kier molecular flexibility index (Phi) is 9.14. The van der Waals surface area contributed by atoms with Gasteiger partial charge in [0.05, 0.1) is 55.1 Å². The summed E-state index contributed by atoms with van der Waals surface area (Å²) in [4.78, 5) is 32.5. The Hall–Kier alpha value is -6.30. The minimum Gasteiger partial charge on any atom is -0.502 e. The molecular formula is C43H44FN7O9. The number of amides is 1. The molecule has 2 atom stereocenters. The topological polar surface area (TPSA) is 180 Å². The van der Waals surface area contributed by atoms with Crippen molar-refractivity contribution in [2.45, 2.75) is 37.6 Å². The Morgan fingerprint density at radius 1 is 0.850 bits per heavy atom. The van der Waals surface area contributed by atoms with Crippen molar-refractivity contribution in [3.63, 3.8) is 0 Å². The van der Waals surface area contributed by atoms with Gasteiger partial charge in [-0.15, -0.1) is 0 Å². The van der Waals surface area contributed by atoms with E-state index < -0.39 is 29.1 Å². The van der Waals surface area contributed by atoms with E-state index in [0.717, 1.165) is 48.9 Å². The van der Waals surface area contributed by atoms with Crippen molar-refractivity contribution < 1.29 is 48.2 Å². The van der Waals surface area contributed by atoms with E-state index in [2.05, 4.69) is 26.9 Å². The second kappa shape index (κ2) is 14.5. The van der Waals surface area contributed by atoms with Crippen molar-refractivity contribution in [1.29, 1.82) is 0 Å². The first kappa shape index (κ1) is 37.9. The Morgan fingerprint density at radius 2 is 1.60 bits per heavy atom. The van der Waals surface area contributed by atoms with Gasteiger partial charge in [-0.3, -0.25) is 9.69 Å². The normalized spacial score (nSPS) is 21.1. The second-order valence-corrected chi connectivity index (χ2v) is 15.9. The van der Waals surface area contributed by atoms with E-state index in [1.807, 2.05) is 13.0 Å². The van der Waals surface area contributed by atoms with E-state index in [-0.39, 0.29) is 53.5 Å². The molecule has 4 aromatic carbocycles. The molecule has 0 spiro atoms. The SMILES string of the molecule is COc1cc(-c2nc3ccc(N4CCN(C5CC5)CC4)cc3[nH]2)cc(OC2OCC2(C)n2c(-c3cc(OC)c(O)c(O)c3F)nc3cc(N4CCOCC4=O)ccc32)c1O. The number of nitrogens with zero attached hydrogens (tertiary/aromatic N) is 6. The molecule has 17 heteroatoms. The Balaban J connectivity index is 1.00. The van der Waals surface area contributed by atoms with Crippen LogP contribution in [0.15, 0.2) is 54.6 Å². The number of phenolic OH excluding ortho intramolecular Hbond substituents is 3. The summed E-state index contributed by atoms with van der Waals surface area (Å²) in [6.07, 6.45) is 1.54. The van der Waals surface area contributed by atoms with Crippen LogP contribution in [0.4, 0.5) is 15.8 Å². The molecule has 4 aliphatic rings. The van der Waals surface area contributed by atoms with Crippen LogP contribution in [0.2, 0.25) is 0 Å². The maximum Gasteiger partial charge on any atom is 0.253 e. The van der Waals surface area contributed by atoms with Gasteiger partial charge in [0.2, 0.25) is 17.8 Å². The van der Waals surface area contributed by atoms with Crippen LogP contribution in [-0.2, 0) is 19.8 Å². The average molecular weight is 822 g/mol. The number of aromatic hydroxyl groups is 3. The molecule has 4 fully saturated rings. The van der Waals surface area contributed by atoms with E-state index in [9.17, 15) is 20.1 Å². The number of aromatic nitrogens is 4. The van der Waals surface area contributed by atoms with E-state index in [1.165, 1.54) is 33.1 Å². The summed E-state index contributed by atoms with van der Waals surface area (Å²) in [6, 6.07) is 16.8. The quantitative estimate of drug-likeness (QED) is 0.131. The number of imidazole rings is 2. The number of fused-ring (bicyclic) bond motifs is 2. The molecular weight excluding hydrogens is 778 g/mol. The molecule has 1 aliphatic carbocycles. The van der Waals surface area contributed by atoms with Crippen molar-refractivity contribution in [1.82, 2.24) is 24.4 Å². The van der Waals surface area contributed by atoms with Gasteiger partial charge < -0.3 is 58.4 Å². The van der Waals surface area contributed by atoms with Crippen LogP contribution in [0.3, 0.4) is 0 Å². The minimum absolute atomic E-state index is 0.0455. The summed E-state index contributed by atoms with van der Waals surface area (Å²) in [7, 11) is 2.73. The highest BCUT2D eigenvalue weighted by atomic mass is 19.1. The zero-order valence-corrected chi connectivity index (χ0v) is 33.3. The molecule has 0 radical (unpaired) electrons. The van der Waals surface area contributed by atoms with Crippen LogP contribution >= 0.6 is 0 Å². The van der Waals surface area contributed by atoms with E-state index in [0.29, 0.717) is 41.3 Å². The number of hydrogen-bond donors (Lipinski definition) is 4.